The highest BCUT2D eigenvalue weighted by atomic mass is 32.2. The van der Waals surface area contributed by atoms with Gasteiger partial charge < -0.3 is 9.26 Å². The number of aromatic nitrogens is 1. The average Bonchev–Trinajstić information content (AvgIpc) is 3.26. The van der Waals surface area contributed by atoms with E-state index >= 15 is 0 Å². The third kappa shape index (κ3) is 3.21. The minimum atomic E-state index is -3.52. The van der Waals surface area contributed by atoms with Crippen molar-refractivity contribution in [2.45, 2.75) is 10.8 Å². The van der Waals surface area contributed by atoms with Gasteiger partial charge in [-0.15, -0.1) is 11.3 Å². The average molecular weight is 364 g/mol. The molecule has 24 heavy (non-hydrogen) atoms. The molecule has 0 saturated carbocycles. The zero-order valence-electron chi connectivity index (χ0n) is 13.2. The highest BCUT2D eigenvalue weighted by Gasteiger charge is 2.23. The molecule has 0 aliphatic heterocycles. The van der Waals surface area contributed by atoms with Crippen LogP contribution in [0.5, 0.6) is 5.75 Å². The zero-order valence-corrected chi connectivity index (χ0v) is 14.8. The summed E-state index contributed by atoms with van der Waals surface area (Å²) in [6, 6.07) is 12.4. The third-order valence-electron chi connectivity index (χ3n) is 3.48. The number of nitrogens with zero attached hydrogens (tertiary/aromatic N) is 2. The van der Waals surface area contributed by atoms with Gasteiger partial charge >= 0.3 is 0 Å². The fourth-order valence-corrected chi connectivity index (χ4v) is 4.58. The van der Waals surface area contributed by atoms with Crippen molar-refractivity contribution in [1.29, 1.82) is 0 Å². The highest BCUT2D eigenvalue weighted by molar-refractivity contribution is 7.91. The Kier molecular flexibility index (Phi) is 4.70. The lowest BCUT2D eigenvalue weighted by Crippen LogP contribution is -2.25. The molecule has 1 aromatic carbocycles. The lowest BCUT2D eigenvalue weighted by molar-refractivity contribution is 0.344. The molecule has 0 fully saturated rings. The molecule has 0 aliphatic rings. The van der Waals surface area contributed by atoms with Gasteiger partial charge in [0.2, 0.25) is 0 Å². The second-order valence-electron chi connectivity index (χ2n) is 5.07. The molecule has 0 amide bonds. The van der Waals surface area contributed by atoms with Crippen molar-refractivity contribution in [2.75, 3.05) is 14.2 Å². The highest BCUT2D eigenvalue weighted by Crippen LogP contribution is 2.29. The first-order valence-corrected chi connectivity index (χ1v) is 9.43. The van der Waals surface area contributed by atoms with Crippen molar-refractivity contribution >= 4 is 21.4 Å². The Bertz CT molecular complexity index is 917. The van der Waals surface area contributed by atoms with Crippen LogP contribution in [-0.4, -0.2) is 32.0 Å². The van der Waals surface area contributed by atoms with Crippen molar-refractivity contribution < 1.29 is 17.7 Å². The van der Waals surface area contributed by atoms with Crippen LogP contribution >= 0.6 is 11.3 Å². The number of sulfonamides is 1. The number of hydrogen-bond donors (Lipinski definition) is 0. The predicted molar refractivity (Wildman–Crippen MR) is 91.5 cm³/mol. The summed E-state index contributed by atoms with van der Waals surface area (Å²) in [7, 11) is -0.424. The minimum Gasteiger partial charge on any atom is -0.496 e. The van der Waals surface area contributed by atoms with E-state index in [1.165, 1.54) is 22.7 Å². The quantitative estimate of drug-likeness (QED) is 0.671. The second-order valence-corrected chi connectivity index (χ2v) is 8.29. The van der Waals surface area contributed by atoms with E-state index in [1.54, 1.807) is 30.7 Å². The maximum absolute atomic E-state index is 12.4. The summed E-state index contributed by atoms with van der Waals surface area (Å²) in [5.74, 6) is 1.13. The molecule has 3 rings (SSSR count). The number of hydrogen-bond acceptors (Lipinski definition) is 6. The molecule has 0 saturated heterocycles. The van der Waals surface area contributed by atoms with Crippen LogP contribution in [0.4, 0.5) is 0 Å². The molecule has 6 nitrogen and oxygen atoms in total. The zero-order chi connectivity index (χ0) is 17.2. The van der Waals surface area contributed by atoms with Crippen LogP contribution in [-0.2, 0) is 16.6 Å². The Morgan fingerprint density at radius 1 is 1.25 bits per heavy atom. The molecule has 0 unspecified atom stereocenters. The monoisotopic (exact) mass is 364 g/mol. The normalized spacial score (nSPS) is 11.8. The Balaban J connectivity index is 1.82. The molecule has 2 aromatic heterocycles. The number of rotatable bonds is 6. The molecule has 0 atom stereocenters. The molecule has 0 bridgehead atoms. The van der Waals surface area contributed by atoms with Crippen LogP contribution in [0.2, 0.25) is 0 Å². The maximum Gasteiger partial charge on any atom is 0.252 e. The summed E-state index contributed by atoms with van der Waals surface area (Å²) >= 11 is 1.18. The molecule has 0 spiro atoms. The van der Waals surface area contributed by atoms with E-state index in [0.717, 1.165) is 5.56 Å². The predicted octanol–water partition coefficient (Wildman–Crippen LogP) is 3.23. The second kappa shape index (κ2) is 6.76. The summed E-state index contributed by atoms with van der Waals surface area (Å²) in [5.41, 5.74) is 1.39. The topological polar surface area (TPSA) is 72.6 Å². The van der Waals surface area contributed by atoms with Crippen LogP contribution in [0.25, 0.3) is 11.3 Å². The van der Waals surface area contributed by atoms with E-state index in [1.807, 2.05) is 24.3 Å². The summed E-state index contributed by atoms with van der Waals surface area (Å²) in [5, 5.41) is 5.75. The Morgan fingerprint density at radius 2 is 2.04 bits per heavy atom. The van der Waals surface area contributed by atoms with Crippen LogP contribution in [0, 0.1) is 0 Å². The van der Waals surface area contributed by atoms with Crippen molar-refractivity contribution in [1.82, 2.24) is 9.46 Å². The molecule has 126 valence electrons. The largest absolute Gasteiger partial charge is 0.496 e. The van der Waals surface area contributed by atoms with Crippen LogP contribution in [0.3, 0.4) is 0 Å². The first-order chi connectivity index (χ1) is 11.5. The Hall–Kier alpha value is -2.16. The summed E-state index contributed by atoms with van der Waals surface area (Å²) in [6.45, 7) is 0.0996. The minimum absolute atomic E-state index is 0.0996. The fourth-order valence-electron chi connectivity index (χ4n) is 2.24. The van der Waals surface area contributed by atoms with Gasteiger partial charge in [-0.25, -0.2) is 8.42 Å². The maximum atomic E-state index is 12.4. The van der Waals surface area contributed by atoms with Crippen LogP contribution in [0.15, 0.2) is 56.6 Å². The summed E-state index contributed by atoms with van der Waals surface area (Å²) in [6.07, 6.45) is 0. The van der Waals surface area contributed by atoms with Gasteiger partial charge in [-0.2, -0.15) is 4.31 Å². The molecule has 3 aromatic rings. The van der Waals surface area contributed by atoms with Crippen LogP contribution in [0.1, 0.15) is 5.76 Å². The summed E-state index contributed by atoms with van der Waals surface area (Å²) < 4.78 is 37.0. The van der Waals surface area contributed by atoms with E-state index in [-0.39, 0.29) is 6.54 Å². The van der Waals surface area contributed by atoms with Gasteiger partial charge in [-0.3, -0.25) is 0 Å². The van der Waals surface area contributed by atoms with E-state index in [2.05, 4.69) is 5.16 Å². The lowest BCUT2D eigenvalue weighted by atomic mass is 10.1. The molecule has 8 heteroatoms. The van der Waals surface area contributed by atoms with Crippen molar-refractivity contribution in [3.63, 3.8) is 0 Å². The smallest absolute Gasteiger partial charge is 0.252 e. The molecular weight excluding hydrogens is 348 g/mol. The number of thiophene rings is 1. The van der Waals surface area contributed by atoms with Crippen molar-refractivity contribution in [2.24, 2.45) is 0 Å². The molecule has 0 N–H and O–H groups in total. The molecule has 0 radical (unpaired) electrons. The van der Waals surface area contributed by atoms with Gasteiger partial charge in [0.25, 0.3) is 10.0 Å². The third-order valence-corrected chi connectivity index (χ3v) is 6.66. The standard InChI is InChI=1S/C16H16N2O4S2/c1-18(24(19,20)16-8-5-9-23-16)11-12-10-14(17-22-12)13-6-3-4-7-15(13)21-2/h3-10H,11H2,1-2H3. The van der Waals surface area contributed by atoms with E-state index in [0.29, 0.717) is 21.4 Å². The first kappa shape index (κ1) is 16.7. The van der Waals surface area contributed by atoms with Gasteiger partial charge in [0, 0.05) is 18.7 Å². The number of ether oxygens (including phenoxy) is 1. The Morgan fingerprint density at radius 3 is 2.75 bits per heavy atom. The van der Waals surface area contributed by atoms with Crippen LogP contribution < -0.4 is 4.74 Å². The number of benzene rings is 1. The summed E-state index contributed by atoms with van der Waals surface area (Å²) in [4.78, 5) is 0. The Labute approximate surface area is 144 Å². The van der Waals surface area contributed by atoms with Crippen molar-refractivity contribution in [3.05, 3.63) is 53.6 Å². The molecule has 0 aliphatic carbocycles. The number of methoxy groups -OCH3 is 1. The van der Waals surface area contributed by atoms with Gasteiger partial charge in [0.15, 0.2) is 5.76 Å². The van der Waals surface area contributed by atoms with E-state index in [9.17, 15) is 8.42 Å². The van der Waals surface area contributed by atoms with Gasteiger partial charge in [0.1, 0.15) is 15.7 Å². The molecule has 2 heterocycles. The lowest BCUT2D eigenvalue weighted by Gasteiger charge is -2.13. The fraction of sp³-hybridized carbons (Fsp3) is 0.188. The van der Waals surface area contributed by atoms with E-state index in [4.69, 9.17) is 9.26 Å². The SMILES string of the molecule is COc1ccccc1-c1cc(CN(C)S(=O)(=O)c2cccs2)on1. The first-order valence-electron chi connectivity index (χ1n) is 7.11. The number of para-hydroxylation sites is 1. The van der Waals surface area contributed by atoms with Crippen molar-refractivity contribution in [3.8, 4) is 17.0 Å². The van der Waals surface area contributed by atoms with E-state index < -0.39 is 10.0 Å². The molecular formula is C16H16N2O4S2. The van der Waals surface area contributed by atoms with Gasteiger partial charge in [-0.1, -0.05) is 23.4 Å². The van der Waals surface area contributed by atoms with Gasteiger partial charge in [0.05, 0.1) is 13.7 Å². The van der Waals surface area contributed by atoms with Gasteiger partial charge in [-0.05, 0) is 23.6 Å².